The summed E-state index contributed by atoms with van der Waals surface area (Å²) in [4.78, 5) is 5.12. The van der Waals surface area contributed by atoms with Crippen molar-refractivity contribution in [3.05, 3.63) is 0 Å². The van der Waals surface area contributed by atoms with Gasteiger partial charge in [-0.1, -0.05) is 41.5 Å². The molecular weight excluding hydrogens is 299 g/mol. The molecule has 3 heteroatoms. The van der Waals surface area contributed by atoms with Crippen LogP contribution in [0.1, 0.15) is 41.5 Å². The molecule has 0 rings (SSSR count). The maximum atomic E-state index is 2.64. The summed E-state index contributed by atoms with van der Waals surface area (Å²) >= 11 is 2.64. The molecule has 0 N–H and O–H groups in total. The van der Waals surface area contributed by atoms with Crippen molar-refractivity contribution < 1.29 is 0 Å². The van der Waals surface area contributed by atoms with Gasteiger partial charge in [0.1, 0.15) is 3.67 Å². The molecule has 0 bridgehead atoms. The molecule has 0 aromatic rings. The lowest BCUT2D eigenvalue weighted by Crippen LogP contribution is -2.59. The normalized spacial score (nSPS) is 13.2. The Morgan fingerprint density at radius 1 is 0.867 bits per heavy atom. The lowest BCUT2D eigenvalue weighted by Gasteiger charge is -2.49. The first-order chi connectivity index (χ1) is 6.98. The van der Waals surface area contributed by atoms with Crippen LogP contribution in [0.5, 0.6) is 0 Å². The molecule has 0 amide bonds. The van der Waals surface area contributed by atoms with E-state index in [0.29, 0.717) is 5.92 Å². The van der Waals surface area contributed by atoms with Crippen LogP contribution in [-0.4, -0.2) is 39.6 Å². The van der Waals surface area contributed by atoms with Gasteiger partial charge in [0.05, 0.1) is 0 Å². The molecule has 0 heterocycles. The second kappa shape index (κ2) is 7.07. The van der Waals surface area contributed by atoms with Crippen LogP contribution < -0.4 is 0 Å². The van der Waals surface area contributed by atoms with Gasteiger partial charge in [0.25, 0.3) is 0 Å². The first-order valence-corrected chi connectivity index (χ1v) is 7.25. The zero-order valence-electron chi connectivity index (χ0n) is 11.2. The highest BCUT2D eigenvalue weighted by atomic mass is 127. The lowest BCUT2D eigenvalue weighted by atomic mass is 10.1. The maximum absolute atomic E-state index is 2.64. The van der Waals surface area contributed by atoms with Crippen molar-refractivity contribution in [1.29, 1.82) is 0 Å². The predicted octanol–water partition coefficient (Wildman–Crippen LogP) is 3.41. The Kier molecular flexibility index (Phi) is 7.38. The number of hydrogen-bond acceptors (Lipinski definition) is 2. The van der Waals surface area contributed by atoms with Crippen molar-refractivity contribution in [1.82, 2.24) is 9.80 Å². The van der Waals surface area contributed by atoms with Gasteiger partial charge in [0.2, 0.25) is 0 Å². The minimum absolute atomic E-state index is 0.171. The van der Waals surface area contributed by atoms with Crippen molar-refractivity contribution >= 4 is 22.6 Å². The van der Waals surface area contributed by atoms with Crippen LogP contribution >= 0.6 is 22.6 Å². The largest absolute Gasteiger partial charge is 0.277 e. The van der Waals surface area contributed by atoms with E-state index in [0.717, 1.165) is 26.2 Å². The third-order valence-electron chi connectivity index (χ3n) is 3.15. The van der Waals surface area contributed by atoms with Gasteiger partial charge in [0.15, 0.2) is 0 Å². The summed E-state index contributed by atoms with van der Waals surface area (Å²) in [5.41, 5.74) is 0. The molecule has 0 spiro atoms. The third kappa shape index (κ3) is 3.30. The van der Waals surface area contributed by atoms with Crippen LogP contribution in [0.3, 0.4) is 0 Å². The van der Waals surface area contributed by atoms with Gasteiger partial charge in [0, 0.05) is 0 Å². The fourth-order valence-electron chi connectivity index (χ4n) is 2.26. The standard InChI is InChI=1S/C12H27IN2/c1-7-14(8-2)12(13,11(5)6)15(9-3)10-4/h11H,7-10H2,1-6H3. The summed E-state index contributed by atoms with van der Waals surface area (Å²) in [7, 11) is 0. The Bertz CT molecular complexity index is 151. The van der Waals surface area contributed by atoms with Crippen molar-refractivity contribution in [2.75, 3.05) is 26.2 Å². The van der Waals surface area contributed by atoms with E-state index in [-0.39, 0.29) is 3.67 Å². The number of halogens is 1. The fraction of sp³-hybridized carbons (Fsp3) is 1.00. The van der Waals surface area contributed by atoms with Crippen LogP contribution in [0.15, 0.2) is 0 Å². The molecule has 0 aliphatic carbocycles. The monoisotopic (exact) mass is 326 g/mol. The van der Waals surface area contributed by atoms with E-state index in [1.807, 2.05) is 0 Å². The molecule has 92 valence electrons. The number of hydrogen-bond donors (Lipinski definition) is 0. The van der Waals surface area contributed by atoms with E-state index in [2.05, 4.69) is 73.9 Å². The second-order valence-corrected chi connectivity index (χ2v) is 5.72. The maximum Gasteiger partial charge on any atom is 0.129 e. The molecule has 0 radical (unpaired) electrons. The zero-order valence-corrected chi connectivity index (χ0v) is 13.3. The summed E-state index contributed by atoms with van der Waals surface area (Å²) in [6.07, 6.45) is 0. The van der Waals surface area contributed by atoms with Crippen LogP contribution in [0.4, 0.5) is 0 Å². The van der Waals surface area contributed by atoms with E-state index < -0.39 is 0 Å². The highest BCUT2D eigenvalue weighted by Gasteiger charge is 2.39. The average Bonchev–Trinajstić information content (AvgIpc) is 2.21. The number of alkyl halides is 1. The molecule has 0 saturated carbocycles. The number of nitrogens with zero attached hydrogens (tertiary/aromatic N) is 2. The summed E-state index contributed by atoms with van der Waals surface area (Å²) in [6.45, 7) is 18.1. The first-order valence-electron chi connectivity index (χ1n) is 6.17. The van der Waals surface area contributed by atoms with Gasteiger partial charge in [-0.2, -0.15) is 0 Å². The molecule has 0 aliphatic rings. The highest BCUT2D eigenvalue weighted by molar-refractivity contribution is 14.1. The predicted molar refractivity (Wildman–Crippen MR) is 77.4 cm³/mol. The van der Waals surface area contributed by atoms with Gasteiger partial charge in [-0.3, -0.25) is 9.80 Å². The molecule has 0 aromatic heterocycles. The van der Waals surface area contributed by atoms with Crippen LogP contribution in [0, 0.1) is 5.92 Å². The topological polar surface area (TPSA) is 6.48 Å². The Hall–Kier alpha value is 0.650. The second-order valence-electron chi connectivity index (χ2n) is 4.14. The van der Waals surface area contributed by atoms with Gasteiger partial charge in [-0.05, 0) is 54.7 Å². The summed E-state index contributed by atoms with van der Waals surface area (Å²) in [5, 5.41) is 0. The summed E-state index contributed by atoms with van der Waals surface area (Å²) in [6, 6.07) is 0. The van der Waals surface area contributed by atoms with E-state index in [4.69, 9.17) is 0 Å². The molecule has 0 saturated heterocycles. The van der Waals surface area contributed by atoms with Crippen molar-refractivity contribution in [3.63, 3.8) is 0 Å². The third-order valence-corrected chi connectivity index (χ3v) is 5.76. The summed E-state index contributed by atoms with van der Waals surface area (Å²) < 4.78 is 0.171. The minimum Gasteiger partial charge on any atom is -0.277 e. The Labute approximate surface area is 110 Å². The first kappa shape index (κ1) is 15.7. The molecule has 0 fully saturated rings. The molecule has 0 aromatic carbocycles. The number of rotatable bonds is 7. The smallest absolute Gasteiger partial charge is 0.129 e. The van der Waals surface area contributed by atoms with Crippen molar-refractivity contribution in [2.24, 2.45) is 5.92 Å². The van der Waals surface area contributed by atoms with Crippen molar-refractivity contribution in [2.45, 2.75) is 45.2 Å². The fourth-order valence-corrected chi connectivity index (χ4v) is 3.63. The Balaban J connectivity index is 5.01. The zero-order chi connectivity index (χ0) is 12.1. The lowest BCUT2D eigenvalue weighted by molar-refractivity contribution is 0.00713. The SMILES string of the molecule is CCN(CC)C(I)(C(C)C)N(CC)CC. The van der Waals surface area contributed by atoms with E-state index in [9.17, 15) is 0 Å². The molecule has 0 atom stereocenters. The Morgan fingerprint density at radius 2 is 1.13 bits per heavy atom. The molecule has 15 heavy (non-hydrogen) atoms. The van der Waals surface area contributed by atoms with Gasteiger partial charge >= 0.3 is 0 Å². The molecule has 0 aliphatic heterocycles. The average molecular weight is 326 g/mol. The highest BCUT2D eigenvalue weighted by Crippen LogP contribution is 2.35. The van der Waals surface area contributed by atoms with Crippen LogP contribution in [-0.2, 0) is 0 Å². The summed E-state index contributed by atoms with van der Waals surface area (Å²) in [5.74, 6) is 0.637. The molecule has 2 nitrogen and oxygen atoms in total. The van der Waals surface area contributed by atoms with E-state index >= 15 is 0 Å². The molecular formula is C12H27IN2. The Morgan fingerprint density at radius 3 is 1.27 bits per heavy atom. The van der Waals surface area contributed by atoms with Crippen LogP contribution in [0.25, 0.3) is 0 Å². The van der Waals surface area contributed by atoms with E-state index in [1.165, 1.54) is 0 Å². The minimum atomic E-state index is 0.171. The van der Waals surface area contributed by atoms with Gasteiger partial charge in [-0.15, -0.1) is 0 Å². The molecule has 0 unspecified atom stereocenters. The van der Waals surface area contributed by atoms with Crippen LogP contribution in [0.2, 0.25) is 0 Å². The van der Waals surface area contributed by atoms with Crippen molar-refractivity contribution in [3.8, 4) is 0 Å². The van der Waals surface area contributed by atoms with E-state index in [1.54, 1.807) is 0 Å². The van der Waals surface area contributed by atoms with Gasteiger partial charge < -0.3 is 0 Å². The quantitative estimate of drug-likeness (QED) is 0.306. The van der Waals surface area contributed by atoms with Gasteiger partial charge in [-0.25, -0.2) is 0 Å².